The van der Waals surface area contributed by atoms with Crippen molar-refractivity contribution in [2.45, 2.75) is 37.3 Å². The van der Waals surface area contributed by atoms with Crippen molar-refractivity contribution in [3.8, 4) is 0 Å². The van der Waals surface area contributed by atoms with Gasteiger partial charge in [-0.3, -0.25) is 9.59 Å². The van der Waals surface area contributed by atoms with Gasteiger partial charge in [0.2, 0.25) is 11.6 Å². The van der Waals surface area contributed by atoms with Crippen molar-refractivity contribution in [3.05, 3.63) is 40.3 Å². The third-order valence-electron chi connectivity index (χ3n) is 4.77. The number of thioether (sulfide) groups is 1. The summed E-state index contributed by atoms with van der Waals surface area (Å²) in [5.41, 5.74) is 6.97. The van der Waals surface area contributed by atoms with Gasteiger partial charge in [-0.15, -0.1) is 24.2 Å². The molecule has 2 N–H and O–H groups in total. The smallest absolute Gasteiger partial charge is 0.243 e. The highest BCUT2D eigenvalue weighted by molar-refractivity contribution is 8.04. The number of ketones is 2. The first-order chi connectivity index (χ1) is 10.6. The number of ether oxygens (including phenoxy) is 1. The van der Waals surface area contributed by atoms with Gasteiger partial charge in [0.1, 0.15) is 16.3 Å². The van der Waals surface area contributed by atoms with Crippen LogP contribution in [0.2, 0.25) is 0 Å². The molecule has 0 aromatic heterocycles. The van der Waals surface area contributed by atoms with E-state index in [4.69, 9.17) is 10.5 Å². The summed E-state index contributed by atoms with van der Waals surface area (Å²) >= 11 is 1.47. The minimum atomic E-state index is -0.430. The molecule has 1 saturated carbocycles. The van der Waals surface area contributed by atoms with Crippen molar-refractivity contribution < 1.29 is 14.3 Å². The molecule has 1 aromatic carbocycles. The third kappa shape index (κ3) is 2.61. The van der Waals surface area contributed by atoms with Crippen LogP contribution in [0.1, 0.15) is 41.6 Å². The second kappa shape index (κ2) is 5.96. The van der Waals surface area contributed by atoms with Crippen molar-refractivity contribution in [1.82, 2.24) is 0 Å². The van der Waals surface area contributed by atoms with Crippen LogP contribution in [0.4, 0.5) is 0 Å². The number of benzene rings is 1. The summed E-state index contributed by atoms with van der Waals surface area (Å²) < 4.78 is 6.34. The molecule has 1 spiro atoms. The zero-order valence-electron chi connectivity index (χ0n) is 12.5. The highest BCUT2D eigenvalue weighted by Gasteiger charge is 2.45. The number of hydrogen-bond acceptors (Lipinski definition) is 5. The number of halogens is 1. The highest BCUT2D eigenvalue weighted by Crippen LogP contribution is 2.48. The van der Waals surface area contributed by atoms with Crippen molar-refractivity contribution in [2.24, 2.45) is 5.73 Å². The molecule has 1 aromatic rings. The van der Waals surface area contributed by atoms with Crippen LogP contribution in [0, 0.1) is 0 Å². The molecule has 23 heavy (non-hydrogen) atoms. The molecule has 0 unspecified atom stereocenters. The lowest BCUT2D eigenvalue weighted by molar-refractivity contribution is -0.111. The summed E-state index contributed by atoms with van der Waals surface area (Å²) in [6.07, 6.45) is 3.69. The Kier molecular flexibility index (Phi) is 4.29. The molecule has 1 fully saturated rings. The first kappa shape index (κ1) is 16.6. The fraction of sp³-hybridized carbons (Fsp3) is 0.412. The van der Waals surface area contributed by atoms with Gasteiger partial charge in [0.05, 0.1) is 0 Å². The Morgan fingerprint density at radius 2 is 1.74 bits per heavy atom. The average Bonchev–Trinajstić information content (AvgIpc) is 2.56. The maximum Gasteiger partial charge on any atom is 0.243 e. The Bertz CT molecular complexity index is 708. The minimum Gasteiger partial charge on any atom is -0.484 e. The van der Waals surface area contributed by atoms with E-state index in [-0.39, 0.29) is 24.0 Å². The van der Waals surface area contributed by atoms with E-state index >= 15 is 0 Å². The standard InChI is InChI=1S/C17H17NO3S.ClH/c18-10-5-7-17(8-6-10)9-22-16-14(20)13(19)11-3-1-2-4-12(11)15(16)21-17;/h1-4,10H,5-9,18H2;1H. The highest BCUT2D eigenvalue weighted by atomic mass is 35.5. The molecule has 0 radical (unpaired) electrons. The van der Waals surface area contributed by atoms with Crippen LogP contribution in [-0.4, -0.2) is 29.0 Å². The van der Waals surface area contributed by atoms with Crippen molar-refractivity contribution in [2.75, 3.05) is 5.75 Å². The molecule has 3 aliphatic rings. The number of rotatable bonds is 0. The number of fused-ring (bicyclic) bond motifs is 2. The lowest BCUT2D eigenvalue weighted by Gasteiger charge is -2.44. The second-order valence-electron chi connectivity index (χ2n) is 6.27. The number of carbonyl (C=O) groups is 2. The lowest BCUT2D eigenvalue weighted by Crippen LogP contribution is -2.45. The Hall–Kier alpha value is -1.30. The molecular formula is C17H18ClNO3S. The number of allylic oxidation sites excluding steroid dienone is 1. The van der Waals surface area contributed by atoms with Crippen LogP contribution < -0.4 is 5.73 Å². The summed E-state index contributed by atoms with van der Waals surface area (Å²) in [4.78, 5) is 25.0. The summed E-state index contributed by atoms with van der Waals surface area (Å²) in [5, 5.41) is 0. The van der Waals surface area contributed by atoms with Gasteiger partial charge in [-0.1, -0.05) is 24.3 Å². The molecule has 1 heterocycles. The van der Waals surface area contributed by atoms with E-state index in [1.54, 1.807) is 12.1 Å². The second-order valence-corrected chi connectivity index (χ2v) is 7.26. The SMILES string of the molecule is Cl.NC1CCC2(CC1)CSC1=C(O2)c2ccccc2C(=O)C1=O. The van der Waals surface area contributed by atoms with E-state index in [0.29, 0.717) is 16.2 Å². The molecule has 0 saturated heterocycles. The van der Waals surface area contributed by atoms with Gasteiger partial charge in [0, 0.05) is 22.9 Å². The zero-order chi connectivity index (χ0) is 15.3. The van der Waals surface area contributed by atoms with Crippen LogP contribution in [0.25, 0.3) is 5.76 Å². The van der Waals surface area contributed by atoms with Crippen molar-refractivity contribution in [3.63, 3.8) is 0 Å². The predicted molar refractivity (Wildman–Crippen MR) is 92.7 cm³/mol. The van der Waals surface area contributed by atoms with Gasteiger partial charge in [0.25, 0.3) is 0 Å². The van der Waals surface area contributed by atoms with Gasteiger partial charge >= 0.3 is 0 Å². The molecule has 4 nitrogen and oxygen atoms in total. The first-order valence-electron chi connectivity index (χ1n) is 7.60. The van der Waals surface area contributed by atoms with E-state index in [2.05, 4.69) is 0 Å². The van der Waals surface area contributed by atoms with E-state index in [1.807, 2.05) is 12.1 Å². The summed E-state index contributed by atoms with van der Waals surface area (Å²) in [6.45, 7) is 0. The fourth-order valence-electron chi connectivity index (χ4n) is 3.42. The number of hydrogen-bond donors (Lipinski definition) is 1. The third-order valence-corrected chi connectivity index (χ3v) is 6.10. The van der Waals surface area contributed by atoms with Crippen molar-refractivity contribution in [1.29, 1.82) is 0 Å². The van der Waals surface area contributed by atoms with Gasteiger partial charge in [-0.05, 0) is 25.7 Å². The van der Waals surface area contributed by atoms with Gasteiger partial charge in [0.15, 0.2) is 0 Å². The zero-order valence-corrected chi connectivity index (χ0v) is 14.2. The van der Waals surface area contributed by atoms with Crippen LogP contribution in [0.15, 0.2) is 29.2 Å². The quantitative estimate of drug-likeness (QED) is 0.728. The molecule has 0 atom stereocenters. The van der Waals surface area contributed by atoms with E-state index < -0.39 is 11.6 Å². The minimum absolute atomic E-state index is 0. The Morgan fingerprint density at radius 3 is 2.43 bits per heavy atom. The topological polar surface area (TPSA) is 69.4 Å². The van der Waals surface area contributed by atoms with E-state index in [1.165, 1.54) is 11.8 Å². The predicted octanol–water partition coefficient (Wildman–Crippen LogP) is 2.95. The van der Waals surface area contributed by atoms with Crippen LogP contribution in [0.3, 0.4) is 0 Å². The molecule has 122 valence electrons. The average molecular weight is 352 g/mol. The summed E-state index contributed by atoms with van der Waals surface area (Å²) in [7, 11) is 0. The van der Waals surface area contributed by atoms with Crippen LogP contribution >= 0.6 is 24.2 Å². The normalized spacial score (nSPS) is 29.5. The molecular weight excluding hydrogens is 334 g/mol. The van der Waals surface area contributed by atoms with Gasteiger partial charge in [-0.25, -0.2) is 0 Å². The molecule has 4 rings (SSSR count). The van der Waals surface area contributed by atoms with Crippen LogP contribution in [0.5, 0.6) is 0 Å². The van der Waals surface area contributed by atoms with E-state index in [0.717, 1.165) is 37.0 Å². The van der Waals surface area contributed by atoms with Crippen molar-refractivity contribution >= 4 is 41.5 Å². The maximum absolute atomic E-state index is 12.3. The van der Waals surface area contributed by atoms with Crippen LogP contribution in [-0.2, 0) is 9.53 Å². The molecule has 0 amide bonds. The molecule has 2 aliphatic carbocycles. The number of Topliss-reactive ketones (excluding diaryl/α,β-unsaturated/α-hetero) is 2. The Morgan fingerprint density at radius 1 is 1.09 bits per heavy atom. The van der Waals surface area contributed by atoms with Gasteiger partial charge in [-0.2, -0.15) is 0 Å². The van der Waals surface area contributed by atoms with Gasteiger partial charge < -0.3 is 10.5 Å². The first-order valence-corrected chi connectivity index (χ1v) is 8.58. The number of carbonyl (C=O) groups excluding carboxylic acids is 2. The maximum atomic E-state index is 12.3. The lowest BCUT2D eigenvalue weighted by atomic mass is 9.83. The number of nitrogens with two attached hydrogens (primary N) is 1. The Labute approximate surface area is 145 Å². The fourth-order valence-corrected chi connectivity index (χ4v) is 4.69. The summed E-state index contributed by atoms with van der Waals surface area (Å²) in [6, 6.07) is 7.46. The monoisotopic (exact) mass is 351 g/mol. The van der Waals surface area contributed by atoms with E-state index in [9.17, 15) is 9.59 Å². The molecule has 0 bridgehead atoms. The Balaban J connectivity index is 0.00000156. The largest absolute Gasteiger partial charge is 0.484 e. The molecule has 6 heteroatoms. The summed E-state index contributed by atoms with van der Waals surface area (Å²) in [5.74, 6) is 0.472. The molecule has 1 aliphatic heterocycles.